The normalized spacial score (nSPS) is 10.9. The largest absolute Gasteiger partial charge is 0.298 e. The molecule has 0 heterocycles. The van der Waals surface area contributed by atoms with Gasteiger partial charge in [0.1, 0.15) is 0 Å². The van der Waals surface area contributed by atoms with E-state index in [1.807, 2.05) is 12.2 Å². The van der Waals surface area contributed by atoms with Crippen molar-refractivity contribution in [2.75, 3.05) is 13.7 Å². The van der Waals surface area contributed by atoms with Crippen LogP contribution in [0, 0.1) is 6.92 Å². The first kappa shape index (κ1) is 9.96. The van der Waals surface area contributed by atoms with Crippen LogP contribution in [-0.4, -0.2) is 13.7 Å². The molecule has 0 saturated carbocycles. The third-order valence-corrected chi connectivity index (χ3v) is 1.71. The van der Waals surface area contributed by atoms with Gasteiger partial charge in [0, 0.05) is 7.05 Å². The lowest BCUT2D eigenvalue weighted by Gasteiger charge is -1.96. The van der Waals surface area contributed by atoms with Crippen molar-refractivity contribution in [3.8, 4) is 0 Å². The summed E-state index contributed by atoms with van der Waals surface area (Å²) in [6, 6.07) is 8.37. The predicted molar refractivity (Wildman–Crippen MR) is 55.2 cm³/mol. The van der Waals surface area contributed by atoms with Crippen LogP contribution in [-0.2, 0) is 4.84 Å². The molecule has 1 N–H and O–H groups in total. The minimum Gasteiger partial charge on any atom is -0.298 e. The van der Waals surface area contributed by atoms with Crippen LogP contribution in [0.3, 0.4) is 0 Å². The zero-order valence-corrected chi connectivity index (χ0v) is 8.08. The molecule has 0 fully saturated rings. The lowest BCUT2D eigenvalue weighted by molar-refractivity contribution is 0.0814. The molecule has 0 aromatic heterocycles. The van der Waals surface area contributed by atoms with Gasteiger partial charge in [-0.05, 0) is 12.5 Å². The van der Waals surface area contributed by atoms with Gasteiger partial charge < -0.3 is 0 Å². The van der Waals surface area contributed by atoms with E-state index in [1.54, 1.807) is 7.05 Å². The molecule has 1 aromatic carbocycles. The fourth-order valence-corrected chi connectivity index (χ4v) is 0.993. The summed E-state index contributed by atoms with van der Waals surface area (Å²) >= 11 is 0. The highest BCUT2D eigenvalue weighted by atomic mass is 16.6. The molecule has 13 heavy (non-hydrogen) atoms. The molecule has 0 atom stereocenters. The number of benzene rings is 1. The highest BCUT2D eigenvalue weighted by molar-refractivity contribution is 5.49. The van der Waals surface area contributed by atoms with Gasteiger partial charge in [0.15, 0.2) is 0 Å². The van der Waals surface area contributed by atoms with E-state index in [9.17, 15) is 0 Å². The number of nitrogens with one attached hydrogen (secondary N) is 1. The minimum absolute atomic E-state index is 0.588. The van der Waals surface area contributed by atoms with E-state index in [2.05, 4.69) is 36.7 Å². The third-order valence-electron chi connectivity index (χ3n) is 1.71. The monoisotopic (exact) mass is 177 g/mol. The van der Waals surface area contributed by atoms with Crippen LogP contribution in [0.1, 0.15) is 11.1 Å². The molecule has 2 nitrogen and oxygen atoms in total. The number of rotatable bonds is 4. The van der Waals surface area contributed by atoms with Gasteiger partial charge in [0.25, 0.3) is 0 Å². The van der Waals surface area contributed by atoms with E-state index in [0.29, 0.717) is 6.61 Å². The van der Waals surface area contributed by atoms with Crippen LogP contribution >= 0.6 is 0 Å². The molecule has 0 aliphatic heterocycles. The topological polar surface area (TPSA) is 21.3 Å². The van der Waals surface area contributed by atoms with E-state index in [0.717, 1.165) is 0 Å². The van der Waals surface area contributed by atoms with Gasteiger partial charge in [-0.3, -0.25) is 4.84 Å². The number of hydrogen-bond donors (Lipinski definition) is 1. The van der Waals surface area contributed by atoms with E-state index in [-0.39, 0.29) is 0 Å². The number of hydroxylamine groups is 1. The summed E-state index contributed by atoms with van der Waals surface area (Å²) in [6.45, 7) is 2.67. The molecule has 0 amide bonds. The van der Waals surface area contributed by atoms with E-state index >= 15 is 0 Å². The van der Waals surface area contributed by atoms with Gasteiger partial charge in [-0.25, -0.2) is 5.48 Å². The average molecular weight is 177 g/mol. The molecule has 0 bridgehead atoms. The molecular formula is C11H15NO. The summed E-state index contributed by atoms with van der Waals surface area (Å²) in [5, 5.41) is 0. The minimum atomic E-state index is 0.588. The van der Waals surface area contributed by atoms with Gasteiger partial charge in [0.05, 0.1) is 6.61 Å². The second kappa shape index (κ2) is 5.51. The Hall–Kier alpha value is -1.12. The maximum Gasteiger partial charge on any atom is 0.0866 e. The van der Waals surface area contributed by atoms with Crippen molar-refractivity contribution in [2.45, 2.75) is 6.92 Å². The number of hydrogen-bond acceptors (Lipinski definition) is 2. The third kappa shape index (κ3) is 3.87. The maximum atomic E-state index is 4.94. The van der Waals surface area contributed by atoms with Crippen molar-refractivity contribution in [3.05, 3.63) is 41.5 Å². The molecule has 0 saturated heterocycles. The molecular weight excluding hydrogens is 162 g/mol. The zero-order valence-electron chi connectivity index (χ0n) is 8.08. The predicted octanol–water partition coefficient (Wildman–Crippen LogP) is 2.16. The van der Waals surface area contributed by atoms with Crippen molar-refractivity contribution >= 4 is 6.08 Å². The average Bonchev–Trinajstić information content (AvgIpc) is 2.15. The molecule has 0 aliphatic carbocycles. The lowest BCUT2D eigenvalue weighted by Crippen LogP contribution is -2.06. The lowest BCUT2D eigenvalue weighted by atomic mass is 10.1. The Labute approximate surface area is 79.2 Å². The van der Waals surface area contributed by atoms with Crippen LogP contribution in [0.15, 0.2) is 30.3 Å². The van der Waals surface area contributed by atoms with Crippen LogP contribution < -0.4 is 5.48 Å². The molecule has 0 spiro atoms. The highest BCUT2D eigenvalue weighted by Gasteiger charge is 1.85. The Kier molecular flexibility index (Phi) is 4.23. The zero-order chi connectivity index (χ0) is 9.52. The maximum absolute atomic E-state index is 4.94. The van der Waals surface area contributed by atoms with Gasteiger partial charge in [-0.2, -0.15) is 0 Å². The second-order valence-corrected chi connectivity index (χ2v) is 2.83. The van der Waals surface area contributed by atoms with Crippen molar-refractivity contribution < 1.29 is 4.84 Å². The van der Waals surface area contributed by atoms with E-state index in [1.165, 1.54) is 11.1 Å². The quantitative estimate of drug-likeness (QED) is 0.562. The Morgan fingerprint density at radius 2 is 2.00 bits per heavy atom. The van der Waals surface area contributed by atoms with Crippen molar-refractivity contribution in [1.29, 1.82) is 0 Å². The Balaban J connectivity index is 2.44. The van der Waals surface area contributed by atoms with E-state index in [4.69, 9.17) is 4.84 Å². The van der Waals surface area contributed by atoms with Gasteiger partial charge in [0.2, 0.25) is 0 Å². The van der Waals surface area contributed by atoms with Crippen molar-refractivity contribution in [2.24, 2.45) is 0 Å². The molecule has 0 aliphatic rings. The molecule has 0 unspecified atom stereocenters. The first-order valence-corrected chi connectivity index (χ1v) is 4.34. The van der Waals surface area contributed by atoms with Gasteiger partial charge in [-0.1, -0.05) is 42.0 Å². The van der Waals surface area contributed by atoms with Crippen LogP contribution in [0.4, 0.5) is 0 Å². The molecule has 70 valence electrons. The standard InChI is InChI=1S/C11H15NO/c1-10-5-7-11(8-6-10)4-3-9-13-12-2/h3-8,12H,9H2,1-2H3/b4-3+. The summed E-state index contributed by atoms with van der Waals surface area (Å²) in [6.07, 6.45) is 4.01. The summed E-state index contributed by atoms with van der Waals surface area (Å²) in [7, 11) is 1.75. The van der Waals surface area contributed by atoms with E-state index < -0.39 is 0 Å². The first-order valence-electron chi connectivity index (χ1n) is 4.34. The van der Waals surface area contributed by atoms with Gasteiger partial charge in [-0.15, -0.1) is 0 Å². The SMILES string of the molecule is CNOC/C=C/c1ccc(C)cc1. The fraction of sp³-hybridized carbons (Fsp3) is 0.273. The first-order chi connectivity index (χ1) is 6.33. The molecule has 0 radical (unpaired) electrons. The van der Waals surface area contributed by atoms with Crippen LogP contribution in [0.5, 0.6) is 0 Å². The molecule has 2 heteroatoms. The van der Waals surface area contributed by atoms with Crippen LogP contribution in [0.2, 0.25) is 0 Å². The summed E-state index contributed by atoms with van der Waals surface area (Å²) < 4.78 is 0. The molecule has 1 aromatic rings. The smallest absolute Gasteiger partial charge is 0.0866 e. The summed E-state index contributed by atoms with van der Waals surface area (Å²) in [5.41, 5.74) is 5.09. The van der Waals surface area contributed by atoms with Crippen molar-refractivity contribution in [3.63, 3.8) is 0 Å². The molecule has 1 rings (SSSR count). The Morgan fingerprint density at radius 1 is 1.31 bits per heavy atom. The highest BCUT2D eigenvalue weighted by Crippen LogP contribution is 2.04. The Bertz CT molecular complexity index is 264. The van der Waals surface area contributed by atoms with Gasteiger partial charge >= 0.3 is 0 Å². The number of aryl methyl sites for hydroxylation is 1. The Morgan fingerprint density at radius 3 is 2.62 bits per heavy atom. The van der Waals surface area contributed by atoms with Crippen molar-refractivity contribution in [1.82, 2.24) is 5.48 Å². The van der Waals surface area contributed by atoms with Crippen LogP contribution in [0.25, 0.3) is 6.08 Å². The summed E-state index contributed by atoms with van der Waals surface area (Å²) in [5.74, 6) is 0. The second-order valence-electron chi connectivity index (χ2n) is 2.83. The summed E-state index contributed by atoms with van der Waals surface area (Å²) in [4.78, 5) is 4.94. The fourth-order valence-electron chi connectivity index (χ4n) is 0.993.